The van der Waals surface area contributed by atoms with Gasteiger partial charge in [-0.15, -0.1) is 0 Å². The minimum Gasteiger partial charge on any atom is -0.354 e. The van der Waals surface area contributed by atoms with E-state index in [1.807, 2.05) is 0 Å². The fourth-order valence-corrected chi connectivity index (χ4v) is 2.07. The molecular formula is C9H7NO4S. The van der Waals surface area contributed by atoms with Crippen molar-refractivity contribution in [3.8, 4) is 0 Å². The lowest BCUT2D eigenvalue weighted by Crippen LogP contribution is -1.95. The van der Waals surface area contributed by atoms with Crippen molar-refractivity contribution >= 4 is 22.6 Å². The van der Waals surface area contributed by atoms with Gasteiger partial charge in [0.05, 0.1) is 4.92 Å². The zero-order valence-electron chi connectivity index (χ0n) is 7.58. The Morgan fingerprint density at radius 1 is 1.53 bits per heavy atom. The predicted molar refractivity (Wildman–Crippen MR) is 54.4 cm³/mol. The van der Waals surface area contributed by atoms with E-state index in [-0.39, 0.29) is 17.4 Å². The highest BCUT2D eigenvalue weighted by molar-refractivity contribution is 8.14. The molecule has 1 unspecified atom stereocenters. The fraction of sp³-hybridized carbons (Fsp3) is 0.222. The summed E-state index contributed by atoms with van der Waals surface area (Å²) in [5.41, 5.74) is 0.258. The molecule has 0 aromatic heterocycles. The number of carbonyl (C=O) groups is 1. The van der Waals surface area contributed by atoms with Crippen molar-refractivity contribution in [1.82, 2.24) is 0 Å². The third kappa shape index (κ3) is 2.16. The maximum absolute atomic E-state index is 10.9. The number of nitro benzene ring substituents is 1. The van der Waals surface area contributed by atoms with Gasteiger partial charge in [-0.2, -0.15) is 0 Å². The summed E-state index contributed by atoms with van der Waals surface area (Å²) < 4.78 is 5.18. The number of benzene rings is 1. The van der Waals surface area contributed by atoms with Gasteiger partial charge in [-0.3, -0.25) is 14.9 Å². The van der Waals surface area contributed by atoms with E-state index < -0.39 is 10.4 Å². The number of rotatable bonds is 2. The van der Waals surface area contributed by atoms with Gasteiger partial charge in [-0.25, -0.2) is 0 Å². The lowest BCUT2D eigenvalue weighted by molar-refractivity contribution is -0.384. The van der Waals surface area contributed by atoms with E-state index >= 15 is 0 Å². The largest absolute Gasteiger partial charge is 0.354 e. The van der Waals surface area contributed by atoms with E-state index in [1.54, 1.807) is 12.1 Å². The zero-order valence-corrected chi connectivity index (χ0v) is 8.40. The highest BCUT2D eigenvalue weighted by Gasteiger charge is 2.26. The Morgan fingerprint density at radius 2 is 2.33 bits per heavy atom. The van der Waals surface area contributed by atoms with Crippen LogP contribution in [0.2, 0.25) is 0 Å². The van der Waals surface area contributed by atoms with Crippen molar-refractivity contribution in [3.05, 3.63) is 39.9 Å². The third-order valence-corrected chi connectivity index (χ3v) is 2.95. The normalized spacial score (nSPS) is 20.5. The van der Waals surface area contributed by atoms with Crippen LogP contribution in [0.3, 0.4) is 0 Å². The zero-order chi connectivity index (χ0) is 10.8. The van der Waals surface area contributed by atoms with E-state index in [9.17, 15) is 14.9 Å². The smallest absolute Gasteiger partial charge is 0.269 e. The van der Waals surface area contributed by atoms with E-state index in [4.69, 9.17) is 4.74 Å². The van der Waals surface area contributed by atoms with Crippen LogP contribution < -0.4 is 0 Å². The van der Waals surface area contributed by atoms with E-state index in [0.717, 1.165) is 11.8 Å². The lowest BCUT2D eigenvalue weighted by atomic mass is 10.2. The Balaban J connectivity index is 2.25. The van der Waals surface area contributed by atoms with Crippen LogP contribution in [-0.4, -0.2) is 16.6 Å². The van der Waals surface area contributed by atoms with Crippen molar-refractivity contribution in [2.45, 2.75) is 5.44 Å². The van der Waals surface area contributed by atoms with Gasteiger partial charge in [-0.1, -0.05) is 12.1 Å². The first-order valence-electron chi connectivity index (χ1n) is 4.22. The summed E-state index contributed by atoms with van der Waals surface area (Å²) in [5.74, 6) is 0. The molecule has 0 spiro atoms. The standard InChI is InChI=1S/C9H7NO4S/c11-8-5-14-9(15-8)6-2-1-3-7(4-6)10(12)13/h1-4,9H,5H2. The molecule has 1 atom stereocenters. The molecule has 5 nitrogen and oxygen atoms in total. The first kappa shape index (κ1) is 10.1. The molecule has 1 aromatic carbocycles. The Labute approximate surface area is 89.6 Å². The first-order chi connectivity index (χ1) is 7.16. The summed E-state index contributed by atoms with van der Waals surface area (Å²) in [6, 6.07) is 6.13. The maximum Gasteiger partial charge on any atom is 0.269 e. The summed E-state index contributed by atoms with van der Waals surface area (Å²) in [4.78, 5) is 21.0. The second kappa shape index (κ2) is 4.00. The molecule has 0 radical (unpaired) electrons. The molecule has 0 amide bonds. The number of carbonyl (C=O) groups excluding carboxylic acids is 1. The number of nitrogens with zero attached hydrogens (tertiary/aromatic N) is 1. The van der Waals surface area contributed by atoms with Gasteiger partial charge < -0.3 is 4.74 Å². The second-order valence-electron chi connectivity index (χ2n) is 2.98. The highest BCUT2D eigenvalue weighted by Crippen LogP contribution is 2.36. The number of non-ortho nitro benzene ring substituents is 1. The van der Waals surface area contributed by atoms with Gasteiger partial charge in [-0.05, 0) is 17.3 Å². The van der Waals surface area contributed by atoms with E-state index in [1.165, 1.54) is 12.1 Å². The second-order valence-corrected chi connectivity index (χ2v) is 4.10. The molecule has 0 aliphatic carbocycles. The molecule has 1 saturated heterocycles. The van der Waals surface area contributed by atoms with Crippen LogP contribution in [0.4, 0.5) is 5.69 Å². The van der Waals surface area contributed by atoms with E-state index in [2.05, 4.69) is 0 Å². The average Bonchev–Trinajstić information content (AvgIpc) is 2.65. The van der Waals surface area contributed by atoms with Crippen LogP contribution in [-0.2, 0) is 9.53 Å². The van der Waals surface area contributed by atoms with Crippen LogP contribution in [0, 0.1) is 10.1 Å². The minimum atomic E-state index is -0.467. The van der Waals surface area contributed by atoms with Crippen LogP contribution in [0.5, 0.6) is 0 Å². The summed E-state index contributed by atoms with van der Waals surface area (Å²) >= 11 is 1.06. The lowest BCUT2D eigenvalue weighted by Gasteiger charge is -2.06. The molecule has 15 heavy (non-hydrogen) atoms. The van der Waals surface area contributed by atoms with Gasteiger partial charge in [0.15, 0.2) is 0 Å². The highest BCUT2D eigenvalue weighted by atomic mass is 32.2. The summed E-state index contributed by atoms with van der Waals surface area (Å²) in [6.07, 6.45) is 0. The maximum atomic E-state index is 10.9. The summed E-state index contributed by atoms with van der Waals surface area (Å²) in [6.45, 7) is 0.0675. The molecule has 1 aliphatic rings. The monoisotopic (exact) mass is 225 g/mol. The first-order valence-corrected chi connectivity index (χ1v) is 5.10. The molecule has 1 aliphatic heterocycles. The SMILES string of the molecule is O=C1COC(c2cccc([N+](=O)[O-])c2)S1. The molecule has 0 bridgehead atoms. The van der Waals surface area contributed by atoms with Gasteiger partial charge >= 0.3 is 0 Å². The van der Waals surface area contributed by atoms with E-state index in [0.29, 0.717) is 5.56 Å². The van der Waals surface area contributed by atoms with Crippen molar-refractivity contribution in [1.29, 1.82) is 0 Å². The number of hydrogen-bond acceptors (Lipinski definition) is 5. The molecule has 1 aromatic rings. The predicted octanol–water partition coefficient (Wildman–Crippen LogP) is 1.88. The average molecular weight is 225 g/mol. The molecular weight excluding hydrogens is 218 g/mol. The van der Waals surface area contributed by atoms with Crippen LogP contribution in [0.25, 0.3) is 0 Å². The van der Waals surface area contributed by atoms with Gasteiger partial charge in [0.25, 0.3) is 5.69 Å². The van der Waals surface area contributed by atoms with Gasteiger partial charge in [0, 0.05) is 12.1 Å². The number of nitro groups is 1. The number of hydrogen-bond donors (Lipinski definition) is 0. The molecule has 0 N–H and O–H groups in total. The van der Waals surface area contributed by atoms with Crippen molar-refractivity contribution in [2.75, 3.05) is 6.61 Å². The minimum absolute atomic E-state index is 0.0102. The van der Waals surface area contributed by atoms with Crippen LogP contribution in [0.1, 0.15) is 11.0 Å². The van der Waals surface area contributed by atoms with Gasteiger partial charge in [0.2, 0.25) is 5.12 Å². The Bertz CT molecular complexity index is 420. The molecule has 78 valence electrons. The van der Waals surface area contributed by atoms with Crippen molar-refractivity contribution < 1.29 is 14.5 Å². The van der Waals surface area contributed by atoms with Crippen LogP contribution in [0.15, 0.2) is 24.3 Å². The van der Waals surface area contributed by atoms with Gasteiger partial charge in [0.1, 0.15) is 12.0 Å². The molecule has 1 fully saturated rings. The Kier molecular flexibility index (Phi) is 2.70. The summed E-state index contributed by atoms with van der Waals surface area (Å²) in [5, 5.41) is 10.5. The van der Waals surface area contributed by atoms with Crippen molar-refractivity contribution in [2.24, 2.45) is 0 Å². The third-order valence-electron chi connectivity index (χ3n) is 1.94. The fourth-order valence-electron chi connectivity index (χ4n) is 1.28. The summed E-state index contributed by atoms with van der Waals surface area (Å²) in [7, 11) is 0. The van der Waals surface area contributed by atoms with Crippen molar-refractivity contribution in [3.63, 3.8) is 0 Å². The molecule has 2 rings (SSSR count). The Morgan fingerprint density at radius 3 is 2.93 bits per heavy atom. The number of thioether (sulfide) groups is 1. The molecule has 1 heterocycles. The molecule has 6 heteroatoms. The van der Waals surface area contributed by atoms with Crippen LogP contribution >= 0.6 is 11.8 Å². The number of ether oxygens (including phenoxy) is 1. The quantitative estimate of drug-likeness (QED) is 0.567. The molecule has 0 saturated carbocycles. The topological polar surface area (TPSA) is 69.4 Å². The Hall–Kier alpha value is -1.40.